The van der Waals surface area contributed by atoms with E-state index in [0.717, 1.165) is 12.8 Å². The monoisotopic (exact) mass is 338 g/mol. The largest absolute Gasteiger partial charge is 0.465 e. The van der Waals surface area contributed by atoms with Gasteiger partial charge in [0.15, 0.2) is 0 Å². The van der Waals surface area contributed by atoms with Gasteiger partial charge in [0.1, 0.15) is 0 Å². The van der Waals surface area contributed by atoms with Crippen LogP contribution in [0, 0.1) is 0 Å². The Morgan fingerprint density at radius 1 is 1.04 bits per heavy atom. The number of hydrogen-bond acceptors (Lipinski definition) is 2. The van der Waals surface area contributed by atoms with Crippen LogP contribution in [-0.2, 0) is 12.8 Å². The summed E-state index contributed by atoms with van der Waals surface area (Å²) in [6, 6.07) is 16.9. The van der Waals surface area contributed by atoms with Gasteiger partial charge in [0.05, 0.1) is 6.04 Å². The Balaban J connectivity index is 2.08. The summed E-state index contributed by atoms with van der Waals surface area (Å²) >= 11 is 0. The molecule has 0 saturated carbocycles. The van der Waals surface area contributed by atoms with Crippen LogP contribution >= 0.6 is 0 Å². The summed E-state index contributed by atoms with van der Waals surface area (Å²) in [5.41, 5.74) is 5.09. The number of rotatable bonds is 5. The van der Waals surface area contributed by atoms with E-state index in [4.69, 9.17) is 0 Å². The predicted octanol–water partition coefficient (Wildman–Crippen LogP) is 3.55. The van der Waals surface area contributed by atoms with Gasteiger partial charge >= 0.3 is 6.09 Å². The van der Waals surface area contributed by atoms with E-state index in [-0.39, 0.29) is 12.0 Å². The standard InChI is InChI=1S/C21H26N2O2/c1-14(2)22-13-19(23-21(24)25)20-17-9-5-3-7-15(17)11-12-16-8-4-6-10-18(16)20/h3-10,14,19-20,22-23H,11-13H2,1-2H3,(H,24,25). The van der Waals surface area contributed by atoms with Crippen LogP contribution in [-0.4, -0.2) is 29.8 Å². The molecular weight excluding hydrogens is 312 g/mol. The molecule has 0 fully saturated rings. The Morgan fingerprint density at radius 3 is 2.04 bits per heavy atom. The third kappa shape index (κ3) is 4.02. The van der Waals surface area contributed by atoms with E-state index in [1.165, 1.54) is 22.3 Å². The number of carboxylic acid groups (broad SMARTS) is 1. The van der Waals surface area contributed by atoms with Crippen molar-refractivity contribution in [1.82, 2.24) is 10.6 Å². The SMILES string of the molecule is CC(C)NCC(NC(=O)O)C1c2ccccc2CCc2ccccc21. The molecule has 0 radical (unpaired) electrons. The molecule has 4 nitrogen and oxygen atoms in total. The molecule has 0 heterocycles. The smallest absolute Gasteiger partial charge is 0.404 e. The van der Waals surface area contributed by atoms with E-state index in [9.17, 15) is 9.90 Å². The fraction of sp³-hybridized carbons (Fsp3) is 0.381. The van der Waals surface area contributed by atoms with E-state index in [1.54, 1.807) is 0 Å². The van der Waals surface area contributed by atoms with Crippen molar-refractivity contribution < 1.29 is 9.90 Å². The Kier molecular flexibility index (Phi) is 5.39. The molecule has 132 valence electrons. The highest BCUT2D eigenvalue weighted by Crippen LogP contribution is 2.36. The molecule has 1 atom stereocenters. The zero-order chi connectivity index (χ0) is 17.8. The number of benzene rings is 2. The first-order valence-electron chi connectivity index (χ1n) is 8.94. The van der Waals surface area contributed by atoms with E-state index >= 15 is 0 Å². The molecule has 0 aromatic heterocycles. The van der Waals surface area contributed by atoms with E-state index in [0.29, 0.717) is 12.6 Å². The van der Waals surface area contributed by atoms with Crippen LogP contribution in [0.4, 0.5) is 4.79 Å². The normalized spacial score (nSPS) is 15.2. The second-order valence-electron chi connectivity index (χ2n) is 6.99. The first-order valence-corrected chi connectivity index (χ1v) is 8.94. The molecule has 0 aliphatic heterocycles. The first kappa shape index (κ1) is 17.5. The maximum atomic E-state index is 11.5. The molecular formula is C21H26N2O2. The fourth-order valence-electron chi connectivity index (χ4n) is 3.77. The van der Waals surface area contributed by atoms with Crippen molar-refractivity contribution >= 4 is 6.09 Å². The molecule has 3 rings (SSSR count). The lowest BCUT2D eigenvalue weighted by molar-refractivity contribution is 0.188. The van der Waals surface area contributed by atoms with Gasteiger partial charge in [-0.3, -0.25) is 0 Å². The van der Waals surface area contributed by atoms with Crippen LogP contribution in [0.1, 0.15) is 42.0 Å². The molecule has 0 spiro atoms. The van der Waals surface area contributed by atoms with Gasteiger partial charge in [0.2, 0.25) is 0 Å². The first-order chi connectivity index (χ1) is 12.1. The summed E-state index contributed by atoms with van der Waals surface area (Å²) in [6.45, 7) is 4.75. The minimum absolute atomic E-state index is 0.0113. The van der Waals surface area contributed by atoms with Crippen molar-refractivity contribution in [2.45, 2.75) is 44.7 Å². The molecule has 0 bridgehead atoms. The summed E-state index contributed by atoms with van der Waals surface area (Å²) < 4.78 is 0. The molecule has 2 aromatic carbocycles. The average molecular weight is 338 g/mol. The van der Waals surface area contributed by atoms with Crippen molar-refractivity contribution in [1.29, 1.82) is 0 Å². The third-order valence-electron chi connectivity index (χ3n) is 4.90. The Morgan fingerprint density at radius 2 is 1.56 bits per heavy atom. The van der Waals surface area contributed by atoms with Gasteiger partial charge in [-0.15, -0.1) is 0 Å². The van der Waals surface area contributed by atoms with Crippen molar-refractivity contribution in [3.8, 4) is 0 Å². The van der Waals surface area contributed by atoms with Gasteiger partial charge in [0, 0.05) is 18.5 Å². The summed E-state index contributed by atoms with van der Waals surface area (Å²) in [4.78, 5) is 11.5. The van der Waals surface area contributed by atoms with E-state index in [1.807, 2.05) is 12.1 Å². The minimum Gasteiger partial charge on any atom is -0.465 e. The van der Waals surface area contributed by atoms with Gasteiger partial charge in [-0.2, -0.15) is 0 Å². The number of fused-ring (bicyclic) bond motifs is 2. The Bertz CT molecular complexity index is 695. The van der Waals surface area contributed by atoms with Crippen molar-refractivity contribution in [2.75, 3.05) is 6.54 Å². The van der Waals surface area contributed by atoms with Crippen LogP contribution in [0.25, 0.3) is 0 Å². The molecule has 3 N–H and O–H groups in total. The highest BCUT2D eigenvalue weighted by molar-refractivity contribution is 5.65. The van der Waals surface area contributed by atoms with Gasteiger partial charge in [-0.05, 0) is 35.1 Å². The second kappa shape index (κ2) is 7.70. The van der Waals surface area contributed by atoms with E-state index < -0.39 is 6.09 Å². The lowest BCUT2D eigenvalue weighted by Crippen LogP contribution is -2.47. The number of nitrogens with one attached hydrogen (secondary N) is 2. The maximum Gasteiger partial charge on any atom is 0.404 e. The summed E-state index contributed by atoms with van der Waals surface area (Å²) in [5, 5.41) is 15.6. The van der Waals surface area contributed by atoms with Gasteiger partial charge in [-0.1, -0.05) is 62.4 Å². The van der Waals surface area contributed by atoms with Crippen LogP contribution in [0.5, 0.6) is 0 Å². The van der Waals surface area contributed by atoms with Crippen LogP contribution in [0.3, 0.4) is 0 Å². The van der Waals surface area contributed by atoms with Crippen LogP contribution in [0.15, 0.2) is 48.5 Å². The van der Waals surface area contributed by atoms with Crippen molar-refractivity contribution in [2.24, 2.45) is 0 Å². The fourth-order valence-corrected chi connectivity index (χ4v) is 3.77. The van der Waals surface area contributed by atoms with Crippen LogP contribution in [0.2, 0.25) is 0 Å². The average Bonchev–Trinajstić information content (AvgIpc) is 2.75. The lowest BCUT2D eigenvalue weighted by atomic mass is 9.82. The number of aryl methyl sites for hydroxylation is 2. The molecule has 1 aliphatic carbocycles. The third-order valence-corrected chi connectivity index (χ3v) is 4.90. The summed E-state index contributed by atoms with van der Waals surface area (Å²) in [7, 11) is 0. The van der Waals surface area contributed by atoms with Gasteiger partial charge in [-0.25, -0.2) is 4.79 Å². The summed E-state index contributed by atoms with van der Waals surface area (Å²) in [5.74, 6) is 0.0113. The zero-order valence-corrected chi connectivity index (χ0v) is 14.8. The van der Waals surface area contributed by atoms with Crippen molar-refractivity contribution in [3.63, 3.8) is 0 Å². The summed E-state index contributed by atoms with van der Waals surface area (Å²) in [6.07, 6.45) is 0.997. The second-order valence-corrected chi connectivity index (χ2v) is 6.99. The Hall–Kier alpha value is -2.33. The van der Waals surface area contributed by atoms with Crippen molar-refractivity contribution in [3.05, 3.63) is 70.8 Å². The number of carbonyl (C=O) groups is 1. The molecule has 4 heteroatoms. The quantitative estimate of drug-likeness (QED) is 0.781. The lowest BCUT2D eigenvalue weighted by Gasteiger charge is -2.30. The number of hydrogen-bond donors (Lipinski definition) is 3. The molecule has 2 aromatic rings. The highest BCUT2D eigenvalue weighted by Gasteiger charge is 2.31. The van der Waals surface area contributed by atoms with Gasteiger partial charge < -0.3 is 15.7 Å². The maximum absolute atomic E-state index is 11.5. The highest BCUT2D eigenvalue weighted by atomic mass is 16.4. The predicted molar refractivity (Wildman–Crippen MR) is 100 cm³/mol. The molecule has 25 heavy (non-hydrogen) atoms. The zero-order valence-electron chi connectivity index (χ0n) is 14.8. The molecule has 1 aliphatic rings. The topological polar surface area (TPSA) is 61.4 Å². The molecule has 0 saturated heterocycles. The van der Waals surface area contributed by atoms with E-state index in [2.05, 4.69) is 60.9 Å². The van der Waals surface area contributed by atoms with Crippen LogP contribution < -0.4 is 10.6 Å². The Labute approximate surface area is 149 Å². The number of amides is 1. The molecule has 1 amide bonds. The molecule has 1 unspecified atom stereocenters. The van der Waals surface area contributed by atoms with Gasteiger partial charge in [0.25, 0.3) is 0 Å². The minimum atomic E-state index is -0.977.